The van der Waals surface area contributed by atoms with Gasteiger partial charge in [0.2, 0.25) is 5.91 Å². The van der Waals surface area contributed by atoms with E-state index in [0.717, 1.165) is 25.5 Å². The Morgan fingerprint density at radius 3 is 2.64 bits per heavy atom. The minimum atomic E-state index is 0.0678. The van der Waals surface area contributed by atoms with Gasteiger partial charge >= 0.3 is 0 Å². The van der Waals surface area contributed by atoms with Crippen molar-refractivity contribution >= 4 is 11.9 Å². The van der Waals surface area contributed by atoms with Crippen LogP contribution >= 0.6 is 0 Å². The minimum Gasteiger partial charge on any atom is -0.379 e. The Balaban J connectivity index is 2.45. The van der Waals surface area contributed by atoms with Gasteiger partial charge in [-0.15, -0.1) is 0 Å². The van der Waals surface area contributed by atoms with Crippen LogP contribution in [0.1, 0.15) is 40.5 Å². The van der Waals surface area contributed by atoms with E-state index < -0.39 is 0 Å². The van der Waals surface area contributed by atoms with E-state index in [9.17, 15) is 4.79 Å². The van der Waals surface area contributed by atoms with Crippen LogP contribution in [0.4, 0.5) is 0 Å². The minimum absolute atomic E-state index is 0.0678. The molecule has 128 valence electrons. The summed E-state index contributed by atoms with van der Waals surface area (Å²) in [6.07, 6.45) is 1.63. The molecule has 0 saturated carbocycles. The third-order valence-electron chi connectivity index (χ3n) is 4.11. The van der Waals surface area contributed by atoms with E-state index in [4.69, 9.17) is 4.74 Å². The Kier molecular flexibility index (Phi) is 7.13. The third kappa shape index (κ3) is 5.48. The predicted molar refractivity (Wildman–Crippen MR) is 90.0 cm³/mol. The van der Waals surface area contributed by atoms with Crippen molar-refractivity contribution in [3.63, 3.8) is 0 Å². The second-order valence-corrected chi connectivity index (χ2v) is 6.87. The van der Waals surface area contributed by atoms with Gasteiger partial charge in [-0.3, -0.25) is 9.79 Å². The van der Waals surface area contributed by atoms with Crippen molar-refractivity contribution in [1.82, 2.24) is 15.5 Å². The van der Waals surface area contributed by atoms with Crippen LogP contribution in [0.15, 0.2) is 4.99 Å². The number of guanidine groups is 1. The summed E-state index contributed by atoms with van der Waals surface area (Å²) in [6.45, 7) is 10.6. The van der Waals surface area contributed by atoms with Crippen LogP contribution in [0.2, 0.25) is 0 Å². The highest BCUT2D eigenvalue weighted by Gasteiger charge is 2.27. The van der Waals surface area contributed by atoms with Gasteiger partial charge in [0.1, 0.15) is 0 Å². The second kappa shape index (κ2) is 8.36. The molecule has 0 spiro atoms. The molecule has 1 aliphatic rings. The van der Waals surface area contributed by atoms with E-state index in [1.54, 1.807) is 14.2 Å². The lowest BCUT2D eigenvalue weighted by molar-refractivity contribution is -0.129. The van der Waals surface area contributed by atoms with E-state index in [2.05, 4.69) is 36.4 Å². The largest absolute Gasteiger partial charge is 0.379 e. The number of aliphatic imine (C=N–C) groups is 1. The zero-order chi connectivity index (χ0) is 16.8. The van der Waals surface area contributed by atoms with E-state index in [-0.39, 0.29) is 23.5 Å². The molecule has 2 N–H and O–H groups in total. The zero-order valence-electron chi connectivity index (χ0n) is 14.9. The molecule has 0 aromatic carbocycles. The Morgan fingerprint density at radius 1 is 1.45 bits per heavy atom. The predicted octanol–water partition coefficient (Wildman–Crippen LogP) is 1.22. The van der Waals surface area contributed by atoms with Crippen LogP contribution in [0, 0.1) is 5.41 Å². The van der Waals surface area contributed by atoms with Crippen LogP contribution in [0.3, 0.4) is 0 Å². The fourth-order valence-electron chi connectivity index (χ4n) is 2.65. The molecule has 2 atom stereocenters. The monoisotopic (exact) mass is 312 g/mol. The highest BCUT2D eigenvalue weighted by atomic mass is 16.5. The average molecular weight is 312 g/mol. The lowest BCUT2D eigenvalue weighted by atomic mass is 9.89. The molecule has 0 aromatic heterocycles. The normalized spacial score (nSPS) is 20.9. The average Bonchev–Trinajstić information content (AvgIpc) is 2.92. The number of rotatable bonds is 5. The van der Waals surface area contributed by atoms with Crippen molar-refractivity contribution in [2.75, 3.05) is 33.8 Å². The number of nitrogens with zero attached hydrogens (tertiary/aromatic N) is 2. The van der Waals surface area contributed by atoms with Gasteiger partial charge in [0.25, 0.3) is 0 Å². The van der Waals surface area contributed by atoms with Gasteiger partial charge in [-0.1, -0.05) is 27.7 Å². The molecule has 1 amide bonds. The highest BCUT2D eigenvalue weighted by Crippen LogP contribution is 2.20. The number of likely N-dealkylation sites (tertiary alicyclic amines) is 1. The van der Waals surface area contributed by atoms with E-state index in [1.807, 2.05) is 11.8 Å². The Morgan fingerprint density at radius 2 is 2.14 bits per heavy atom. The van der Waals surface area contributed by atoms with Crippen molar-refractivity contribution in [2.24, 2.45) is 10.4 Å². The molecule has 1 heterocycles. The van der Waals surface area contributed by atoms with Crippen molar-refractivity contribution in [1.29, 1.82) is 0 Å². The van der Waals surface area contributed by atoms with E-state index >= 15 is 0 Å². The van der Waals surface area contributed by atoms with Crippen LogP contribution in [-0.4, -0.2) is 62.7 Å². The number of hydrogen-bond acceptors (Lipinski definition) is 3. The maximum Gasteiger partial charge on any atom is 0.222 e. The number of carbonyl (C=O) groups is 1. The molecule has 0 aliphatic carbocycles. The van der Waals surface area contributed by atoms with Crippen LogP contribution < -0.4 is 10.6 Å². The van der Waals surface area contributed by atoms with E-state index in [0.29, 0.717) is 13.0 Å². The molecule has 0 aromatic rings. The summed E-state index contributed by atoms with van der Waals surface area (Å²) >= 11 is 0. The molecule has 1 saturated heterocycles. The first-order valence-corrected chi connectivity index (χ1v) is 8.09. The standard InChI is InChI=1S/C16H32N4O2/c1-7-14(21)20-9-8-12(11-20)19-15(17-5)18-10-13(22-6)16(2,3)4/h12-13H,7-11H2,1-6H3,(H2,17,18,19). The lowest BCUT2D eigenvalue weighted by Crippen LogP contribution is -2.49. The first-order valence-electron chi connectivity index (χ1n) is 8.09. The van der Waals surface area contributed by atoms with Gasteiger partial charge in [-0.25, -0.2) is 0 Å². The number of methoxy groups -OCH3 is 1. The van der Waals surface area contributed by atoms with Gasteiger partial charge in [0, 0.05) is 46.3 Å². The molecule has 22 heavy (non-hydrogen) atoms. The van der Waals surface area contributed by atoms with Gasteiger partial charge < -0.3 is 20.3 Å². The number of ether oxygens (including phenoxy) is 1. The van der Waals surface area contributed by atoms with Crippen molar-refractivity contribution in [3.05, 3.63) is 0 Å². The second-order valence-electron chi connectivity index (χ2n) is 6.87. The third-order valence-corrected chi connectivity index (χ3v) is 4.11. The van der Waals surface area contributed by atoms with Gasteiger partial charge in [0.15, 0.2) is 5.96 Å². The van der Waals surface area contributed by atoms with Gasteiger partial charge in [-0.05, 0) is 11.8 Å². The summed E-state index contributed by atoms with van der Waals surface area (Å²) in [4.78, 5) is 17.9. The number of nitrogens with one attached hydrogen (secondary N) is 2. The maximum absolute atomic E-state index is 11.7. The van der Waals surface area contributed by atoms with Crippen LogP contribution in [0.25, 0.3) is 0 Å². The quantitative estimate of drug-likeness (QED) is 0.592. The summed E-state index contributed by atoms with van der Waals surface area (Å²) in [5, 5.41) is 6.72. The lowest BCUT2D eigenvalue weighted by Gasteiger charge is -2.30. The fraction of sp³-hybridized carbons (Fsp3) is 0.875. The topological polar surface area (TPSA) is 66.0 Å². The summed E-state index contributed by atoms with van der Waals surface area (Å²) < 4.78 is 5.54. The Hall–Kier alpha value is -1.30. The van der Waals surface area contributed by atoms with Gasteiger partial charge in [-0.2, -0.15) is 0 Å². The molecule has 6 nitrogen and oxygen atoms in total. The number of carbonyl (C=O) groups excluding carboxylic acids is 1. The molecule has 2 unspecified atom stereocenters. The molecule has 1 rings (SSSR count). The SMILES string of the molecule is CCC(=O)N1CCC(NC(=NC)NCC(OC)C(C)(C)C)C1. The molecule has 6 heteroatoms. The van der Waals surface area contributed by atoms with Crippen LogP contribution in [-0.2, 0) is 9.53 Å². The summed E-state index contributed by atoms with van der Waals surface area (Å²) in [5.74, 6) is 0.988. The summed E-state index contributed by atoms with van der Waals surface area (Å²) in [5.41, 5.74) is 0.0678. The van der Waals surface area contributed by atoms with Gasteiger partial charge in [0.05, 0.1) is 6.10 Å². The van der Waals surface area contributed by atoms with Crippen LogP contribution in [0.5, 0.6) is 0 Å². The molecular weight excluding hydrogens is 280 g/mol. The summed E-state index contributed by atoms with van der Waals surface area (Å²) in [7, 11) is 3.50. The molecule has 1 fully saturated rings. The number of hydrogen-bond donors (Lipinski definition) is 2. The molecule has 0 radical (unpaired) electrons. The van der Waals surface area contributed by atoms with Crippen molar-refractivity contribution in [2.45, 2.75) is 52.7 Å². The molecule has 0 bridgehead atoms. The first kappa shape index (κ1) is 18.7. The zero-order valence-corrected chi connectivity index (χ0v) is 14.9. The number of amides is 1. The smallest absolute Gasteiger partial charge is 0.222 e. The Labute approximate surface area is 134 Å². The van der Waals surface area contributed by atoms with Crippen molar-refractivity contribution < 1.29 is 9.53 Å². The van der Waals surface area contributed by atoms with Crippen molar-refractivity contribution in [3.8, 4) is 0 Å². The first-order chi connectivity index (χ1) is 10.3. The Bertz CT molecular complexity index is 390. The fourth-order valence-corrected chi connectivity index (χ4v) is 2.65. The highest BCUT2D eigenvalue weighted by molar-refractivity contribution is 5.80. The maximum atomic E-state index is 11.7. The summed E-state index contributed by atoms with van der Waals surface area (Å²) in [6, 6.07) is 0.261. The molecular formula is C16H32N4O2. The van der Waals surface area contributed by atoms with E-state index in [1.165, 1.54) is 0 Å². The molecule has 1 aliphatic heterocycles.